The van der Waals surface area contributed by atoms with Gasteiger partial charge in [-0.2, -0.15) is 0 Å². The van der Waals surface area contributed by atoms with E-state index in [1.54, 1.807) is 12.0 Å². The largest absolute Gasteiger partial charge is 0.481 e. The first kappa shape index (κ1) is 11.0. The number of ether oxygens (including phenoxy) is 1. The van der Waals surface area contributed by atoms with Gasteiger partial charge in [-0.25, -0.2) is 0 Å². The Hall–Kier alpha value is -1.10. The summed E-state index contributed by atoms with van der Waals surface area (Å²) in [4.78, 5) is 23.5. The van der Waals surface area contributed by atoms with Crippen LogP contribution in [0.5, 0.6) is 0 Å². The van der Waals surface area contributed by atoms with Crippen molar-refractivity contribution < 1.29 is 19.4 Å². The molecular formula is C9H15NO4. The van der Waals surface area contributed by atoms with Crippen molar-refractivity contribution >= 4 is 11.9 Å². The van der Waals surface area contributed by atoms with E-state index in [9.17, 15) is 9.59 Å². The summed E-state index contributed by atoms with van der Waals surface area (Å²) in [5, 5.41) is 8.72. The maximum Gasteiger partial charge on any atom is 0.308 e. The molecule has 1 rings (SSSR count). The fourth-order valence-corrected chi connectivity index (χ4v) is 1.55. The fourth-order valence-electron chi connectivity index (χ4n) is 1.55. The molecule has 1 atom stereocenters. The second kappa shape index (κ2) is 4.95. The summed E-state index contributed by atoms with van der Waals surface area (Å²) < 4.78 is 4.86. The molecule has 1 fully saturated rings. The van der Waals surface area contributed by atoms with Crippen molar-refractivity contribution in [3.05, 3.63) is 0 Å². The smallest absolute Gasteiger partial charge is 0.308 e. The van der Waals surface area contributed by atoms with E-state index in [4.69, 9.17) is 9.84 Å². The number of carbonyl (C=O) groups is 2. The van der Waals surface area contributed by atoms with Crippen molar-refractivity contribution in [1.82, 2.24) is 4.90 Å². The third-order valence-corrected chi connectivity index (χ3v) is 2.34. The van der Waals surface area contributed by atoms with Crippen LogP contribution in [0.4, 0.5) is 0 Å². The van der Waals surface area contributed by atoms with E-state index in [0.717, 1.165) is 6.42 Å². The molecule has 0 saturated carbocycles. The van der Waals surface area contributed by atoms with Crippen molar-refractivity contribution in [2.24, 2.45) is 5.92 Å². The van der Waals surface area contributed by atoms with Gasteiger partial charge >= 0.3 is 5.97 Å². The minimum absolute atomic E-state index is 0.0616. The fraction of sp³-hybridized carbons (Fsp3) is 0.778. The highest BCUT2D eigenvalue weighted by Gasteiger charge is 2.33. The van der Waals surface area contributed by atoms with Crippen LogP contribution in [-0.4, -0.2) is 48.7 Å². The molecule has 1 unspecified atom stereocenters. The van der Waals surface area contributed by atoms with Crippen LogP contribution >= 0.6 is 0 Å². The SMILES string of the molecule is COCCCN1CC(C(=O)O)CC1=O. The summed E-state index contributed by atoms with van der Waals surface area (Å²) in [6.45, 7) is 1.54. The first-order valence-corrected chi connectivity index (χ1v) is 4.64. The maximum absolute atomic E-state index is 11.3. The minimum atomic E-state index is -0.882. The molecule has 5 heteroatoms. The van der Waals surface area contributed by atoms with Gasteiger partial charge in [-0.1, -0.05) is 0 Å². The Labute approximate surface area is 82.6 Å². The summed E-state index contributed by atoms with van der Waals surface area (Å²) in [7, 11) is 1.60. The van der Waals surface area contributed by atoms with Crippen LogP contribution in [0.25, 0.3) is 0 Å². The molecule has 1 aliphatic rings. The second-order valence-corrected chi connectivity index (χ2v) is 3.43. The highest BCUT2D eigenvalue weighted by Crippen LogP contribution is 2.17. The molecule has 0 aromatic rings. The molecule has 0 bridgehead atoms. The predicted octanol–water partition coefficient (Wildman–Crippen LogP) is -0.0440. The average molecular weight is 201 g/mol. The maximum atomic E-state index is 11.3. The monoisotopic (exact) mass is 201 g/mol. The molecular weight excluding hydrogens is 186 g/mol. The second-order valence-electron chi connectivity index (χ2n) is 3.43. The summed E-state index contributed by atoms with van der Waals surface area (Å²) in [5.74, 6) is -1.47. The molecule has 0 radical (unpaired) electrons. The third-order valence-electron chi connectivity index (χ3n) is 2.34. The lowest BCUT2D eigenvalue weighted by Crippen LogP contribution is -2.27. The van der Waals surface area contributed by atoms with Crippen LogP contribution in [0, 0.1) is 5.92 Å². The van der Waals surface area contributed by atoms with Crippen LogP contribution in [0.15, 0.2) is 0 Å². The summed E-state index contributed by atoms with van der Waals surface area (Å²) in [6.07, 6.45) is 0.900. The first-order valence-electron chi connectivity index (χ1n) is 4.64. The molecule has 1 N–H and O–H groups in total. The number of likely N-dealkylation sites (tertiary alicyclic amines) is 1. The standard InChI is InChI=1S/C9H15NO4/c1-14-4-2-3-10-6-7(9(12)13)5-8(10)11/h7H,2-6H2,1H3,(H,12,13). The van der Waals surface area contributed by atoms with E-state index in [2.05, 4.69) is 0 Å². The van der Waals surface area contributed by atoms with Crippen molar-refractivity contribution in [2.75, 3.05) is 26.8 Å². The number of methoxy groups -OCH3 is 1. The zero-order chi connectivity index (χ0) is 10.6. The minimum Gasteiger partial charge on any atom is -0.481 e. The van der Waals surface area contributed by atoms with Crippen molar-refractivity contribution in [3.63, 3.8) is 0 Å². The van der Waals surface area contributed by atoms with E-state index >= 15 is 0 Å². The Balaban J connectivity index is 2.33. The lowest BCUT2D eigenvalue weighted by molar-refractivity contribution is -0.141. The summed E-state index contributed by atoms with van der Waals surface area (Å²) in [6, 6.07) is 0. The Morgan fingerprint density at radius 2 is 2.43 bits per heavy atom. The number of hydrogen-bond acceptors (Lipinski definition) is 3. The van der Waals surface area contributed by atoms with Gasteiger partial charge in [0.25, 0.3) is 0 Å². The van der Waals surface area contributed by atoms with Crippen LogP contribution in [0.1, 0.15) is 12.8 Å². The van der Waals surface area contributed by atoms with Gasteiger partial charge in [0.05, 0.1) is 5.92 Å². The van der Waals surface area contributed by atoms with E-state index < -0.39 is 11.9 Å². The van der Waals surface area contributed by atoms with E-state index in [-0.39, 0.29) is 12.3 Å². The quantitative estimate of drug-likeness (QED) is 0.633. The van der Waals surface area contributed by atoms with Crippen LogP contribution in [-0.2, 0) is 14.3 Å². The van der Waals surface area contributed by atoms with Gasteiger partial charge in [0.15, 0.2) is 0 Å². The number of amides is 1. The van der Waals surface area contributed by atoms with E-state index in [1.165, 1.54) is 0 Å². The van der Waals surface area contributed by atoms with Crippen molar-refractivity contribution in [1.29, 1.82) is 0 Å². The summed E-state index contributed by atoms with van der Waals surface area (Å²) in [5.41, 5.74) is 0. The lowest BCUT2D eigenvalue weighted by atomic mass is 10.1. The van der Waals surface area contributed by atoms with Crippen LogP contribution in [0.2, 0.25) is 0 Å². The molecule has 1 aliphatic heterocycles. The third kappa shape index (κ3) is 2.70. The number of aliphatic carboxylic acids is 1. The molecule has 1 heterocycles. The summed E-state index contributed by atoms with van der Waals surface area (Å²) >= 11 is 0. The van der Waals surface area contributed by atoms with Gasteiger partial charge in [-0.3, -0.25) is 9.59 Å². The molecule has 0 spiro atoms. The molecule has 5 nitrogen and oxygen atoms in total. The zero-order valence-electron chi connectivity index (χ0n) is 8.23. The molecule has 1 saturated heterocycles. The topological polar surface area (TPSA) is 66.8 Å². The van der Waals surface area contributed by atoms with Gasteiger partial charge in [0.2, 0.25) is 5.91 Å². The van der Waals surface area contributed by atoms with E-state index in [1.807, 2.05) is 0 Å². The number of rotatable bonds is 5. The normalized spacial score (nSPS) is 21.6. The van der Waals surface area contributed by atoms with Crippen LogP contribution in [0.3, 0.4) is 0 Å². The van der Waals surface area contributed by atoms with Gasteiger partial charge < -0.3 is 14.7 Å². The van der Waals surface area contributed by atoms with Gasteiger partial charge in [0.1, 0.15) is 0 Å². The highest BCUT2D eigenvalue weighted by molar-refractivity contribution is 5.86. The Morgan fingerprint density at radius 1 is 1.71 bits per heavy atom. The van der Waals surface area contributed by atoms with Crippen molar-refractivity contribution in [3.8, 4) is 0 Å². The van der Waals surface area contributed by atoms with Crippen molar-refractivity contribution in [2.45, 2.75) is 12.8 Å². The lowest BCUT2D eigenvalue weighted by Gasteiger charge is -2.15. The molecule has 80 valence electrons. The van der Waals surface area contributed by atoms with Gasteiger partial charge in [0, 0.05) is 33.2 Å². The first-order chi connectivity index (χ1) is 6.65. The molecule has 0 aromatic carbocycles. The van der Waals surface area contributed by atoms with Gasteiger partial charge in [-0.05, 0) is 6.42 Å². The molecule has 0 aromatic heterocycles. The average Bonchev–Trinajstić information content (AvgIpc) is 2.49. The molecule has 0 aliphatic carbocycles. The number of carboxylic acids is 1. The number of nitrogens with zero attached hydrogens (tertiary/aromatic N) is 1. The molecule has 1 amide bonds. The predicted molar refractivity (Wildman–Crippen MR) is 48.8 cm³/mol. The molecule has 14 heavy (non-hydrogen) atoms. The Morgan fingerprint density at radius 3 is 2.93 bits per heavy atom. The van der Waals surface area contributed by atoms with E-state index in [0.29, 0.717) is 19.7 Å². The zero-order valence-corrected chi connectivity index (χ0v) is 8.23. The Kier molecular flexibility index (Phi) is 3.88. The number of hydrogen-bond donors (Lipinski definition) is 1. The number of carboxylic acid groups (broad SMARTS) is 1. The van der Waals surface area contributed by atoms with Crippen LogP contribution < -0.4 is 0 Å². The highest BCUT2D eigenvalue weighted by atomic mass is 16.5. The number of carbonyl (C=O) groups excluding carboxylic acids is 1. The Bertz CT molecular complexity index is 229. The van der Waals surface area contributed by atoms with Gasteiger partial charge in [-0.15, -0.1) is 0 Å².